The maximum Gasteiger partial charge on any atom is 0.225 e. The molecule has 6 nitrogen and oxygen atoms in total. The summed E-state index contributed by atoms with van der Waals surface area (Å²) in [4.78, 5) is 11.7. The van der Waals surface area contributed by atoms with Crippen LogP contribution >= 0.6 is 0 Å². The number of anilines is 1. The molecular weight excluding hydrogens is 244 g/mol. The fourth-order valence-electron chi connectivity index (χ4n) is 1.92. The largest absolute Gasteiger partial charge is 0.360 e. The number of nitrogens with zero attached hydrogens (tertiary/aromatic N) is 3. The summed E-state index contributed by atoms with van der Waals surface area (Å²) in [5, 5.41) is 10.8. The van der Waals surface area contributed by atoms with Crippen LogP contribution < -0.4 is 5.32 Å². The molecule has 0 aliphatic heterocycles. The van der Waals surface area contributed by atoms with Crippen molar-refractivity contribution in [2.45, 2.75) is 40.2 Å². The van der Waals surface area contributed by atoms with Crippen molar-refractivity contribution in [3.05, 3.63) is 29.3 Å². The monoisotopic (exact) mass is 262 g/mol. The molecule has 0 aliphatic carbocycles. The molecule has 1 amide bonds. The Labute approximate surface area is 111 Å². The Balaban J connectivity index is 1.76. The first-order valence-corrected chi connectivity index (χ1v) is 6.29. The van der Waals surface area contributed by atoms with Crippen LogP contribution in [0, 0.1) is 20.8 Å². The van der Waals surface area contributed by atoms with E-state index in [4.69, 9.17) is 4.52 Å². The van der Waals surface area contributed by atoms with Crippen molar-refractivity contribution < 1.29 is 9.32 Å². The van der Waals surface area contributed by atoms with Gasteiger partial charge in [0, 0.05) is 24.7 Å². The van der Waals surface area contributed by atoms with Gasteiger partial charge in [0.2, 0.25) is 5.91 Å². The maximum atomic E-state index is 11.7. The summed E-state index contributed by atoms with van der Waals surface area (Å²) < 4.78 is 6.80. The molecule has 0 bridgehead atoms. The summed E-state index contributed by atoms with van der Waals surface area (Å²) in [6, 6.07) is 3.72. The van der Waals surface area contributed by atoms with Crippen LogP contribution in [0.3, 0.4) is 0 Å². The average molecular weight is 262 g/mol. The van der Waals surface area contributed by atoms with Crippen molar-refractivity contribution >= 4 is 11.7 Å². The number of carbonyl (C=O) groups is 1. The minimum Gasteiger partial charge on any atom is -0.360 e. The van der Waals surface area contributed by atoms with E-state index in [2.05, 4.69) is 15.6 Å². The molecule has 2 rings (SSSR count). The SMILES string of the molecule is Cc1cc(C)n(CCCC(=O)Nc2cc(C)on2)n1. The van der Waals surface area contributed by atoms with Gasteiger partial charge in [-0.25, -0.2) is 0 Å². The molecule has 0 saturated carbocycles. The van der Waals surface area contributed by atoms with Crippen molar-refractivity contribution in [3.63, 3.8) is 0 Å². The number of carbonyl (C=O) groups excluding carboxylic acids is 1. The van der Waals surface area contributed by atoms with Gasteiger partial charge >= 0.3 is 0 Å². The van der Waals surface area contributed by atoms with Crippen molar-refractivity contribution in [1.82, 2.24) is 14.9 Å². The summed E-state index contributed by atoms with van der Waals surface area (Å²) in [6.07, 6.45) is 1.18. The smallest absolute Gasteiger partial charge is 0.225 e. The lowest BCUT2D eigenvalue weighted by molar-refractivity contribution is -0.116. The molecule has 2 aromatic rings. The highest BCUT2D eigenvalue weighted by atomic mass is 16.5. The number of nitrogens with one attached hydrogen (secondary N) is 1. The lowest BCUT2D eigenvalue weighted by Crippen LogP contribution is -2.13. The molecule has 0 unspecified atom stereocenters. The summed E-state index contributed by atoms with van der Waals surface area (Å²) in [5.74, 6) is 1.08. The van der Waals surface area contributed by atoms with Gasteiger partial charge in [0.05, 0.1) is 5.69 Å². The topological polar surface area (TPSA) is 73.0 Å². The van der Waals surface area contributed by atoms with Gasteiger partial charge in [-0.3, -0.25) is 9.48 Å². The van der Waals surface area contributed by atoms with Gasteiger partial charge in [0.25, 0.3) is 0 Å². The lowest BCUT2D eigenvalue weighted by atomic mass is 10.3. The van der Waals surface area contributed by atoms with Crippen LogP contribution in [0.4, 0.5) is 5.82 Å². The highest BCUT2D eigenvalue weighted by Gasteiger charge is 2.07. The first-order valence-electron chi connectivity index (χ1n) is 6.29. The molecule has 6 heteroatoms. The highest BCUT2D eigenvalue weighted by molar-refractivity contribution is 5.89. The highest BCUT2D eigenvalue weighted by Crippen LogP contribution is 2.08. The first-order chi connectivity index (χ1) is 9.04. The Morgan fingerprint density at radius 1 is 1.37 bits per heavy atom. The van der Waals surface area contributed by atoms with Gasteiger partial charge in [-0.15, -0.1) is 0 Å². The van der Waals surface area contributed by atoms with Gasteiger partial charge < -0.3 is 9.84 Å². The van der Waals surface area contributed by atoms with Crippen molar-refractivity contribution in [2.75, 3.05) is 5.32 Å². The van der Waals surface area contributed by atoms with Crippen LogP contribution in [0.25, 0.3) is 0 Å². The van der Waals surface area contributed by atoms with Crippen LogP contribution in [0.1, 0.15) is 30.0 Å². The minimum atomic E-state index is -0.0603. The third-order valence-corrected chi connectivity index (χ3v) is 2.77. The molecule has 0 atom stereocenters. The van der Waals surface area contributed by atoms with Gasteiger partial charge in [-0.2, -0.15) is 5.10 Å². The summed E-state index contributed by atoms with van der Waals surface area (Å²) >= 11 is 0. The second kappa shape index (κ2) is 5.69. The standard InChI is InChI=1S/C13H18N4O2/c1-9-7-10(2)17(15-9)6-4-5-13(18)14-12-8-11(3)19-16-12/h7-8H,4-6H2,1-3H3,(H,14,16,18). The zero-order chi connectivity index (χ0) is 13.8. The lowest BCUT2D eigenvalue weighted by Gasteiger charge is -2.04. The minimum absolute atomic E-state index is 0.0603. The summed E-state index contributed by atoms with van der Waals surface area (Å²) in [6.45, 7) is 6.50. The molecule has 102 valence electrons. The predicted molar refractivity (Wildman–Crippen MR) is 70.8 cm³/mol. The van der Waals surface area contributed by atoms with Gasteiger partial charge in [-0.1, -0.05) is 5.16 Å². The fraction of sp³-hybridized carbons (Fsp3) is 0.462. The van der Waals surface area contributed by atoms with E-state index in [0.717, 1.165) is 24.4 Å². The Kier molecular flexibility index (Phi) is 3.99. The number of aryl methyl sites for hydroxylation is 4. The van der Waals surface area contributed by atoms with Crippen molar-refractivity contribution in [2.24, 2.45) is 0 Å². The fourth-order valence-corrected chi connectivity index (χ4v) is 1.92. The second-order valence-corrected chi connectivity index (χ2v) is 4.62. The number of hydrogen-bond acceptors (Lipinski definition) is 4. The average Bonchev–Trinajstić information content (AvgIpc) is 2.86. The quantitative estimate of drug-likeness (QED) is 0.896. The molecular formula is C13H18N4O2. The van der Waals surface area contributed by atoms with Crippen LogP contribution in [-0.4, -0.2) is 20.8 Å². The number of amides is 1. The Bertz CT molecular complexity index is 571. The number of rotatable bonds is 5. The Hall–Kier alpha value is -2.11. The van der Waals surface area contributed by atoms with Crippen LogP contribution in [0.5, 0.6) is 0 Å². The molecule has 2 heterocycles. The van der Waals surface area contributed by atoms with E-state index in [1.54, 1.807) is 13.0 Å². The molecule has 0 aromatic carbocycles. The molecule has 0 spiro atoms. The normalized spacial score (nSPS) is 10.7. The Morgan fingerprint density at radius 3 is 2.74 bits per heavy atom. The molecule has 0 radical (unpaired) electrons. The zero-order valence-corrected chi connectivity index (χ0v) is 11.4. The van der Waals surface area contributed by atoms with E-state index in [9.17, 15) is 4.79 Å². The van der Waals surface area contributed by atoms with Crippen LogP contribution in [0.2, 0.25) is 0 Å². The van der Waals surface area contributed by atoms with E-state index in [0.29, 0.717) is 18.0 Å². The summed E-state index contributed by atoms with van der Waals surface area (Å²) in [5.41, 5.74) is 2.12. The Morgan fingerprint density at radius 2 is 2.16 bits per heavy atom. The third kappa shape index (κ3) is 3.67. The van der Waals surface area contributed by atoms with Crippen molar-refractivity contribution in [1.29, 1.82) is 0 Å². The van der Waals surface area contributed by atoms with E-state index >= 15 is 0 Å². The molecule has 2 aromatic heterocycles. The van der Waals surface area contributed by atoms with Crippen LogP contribution in [0.15, 0.2) is 16.7 Å². The van der Waals surface area contributed by atoms with E-state index < -0.39 is 0 Å². The first kappa shape index (κ1) is 13.3. The number of hydrogen-bond donors (Lipinski definition) is 1. The third-order valence-electron chi connectivity index (χ3n) is 2.77. The van der Waals surface area contributed by atoms with Gasteiger partial charge in [0.1, 0.15) is 5.76 Å². The molecule has 1 N–H and O–H groups in total. The van der Waals surface area contributed by atoms with Gasteiger partial charge in [0.15, 0.2) is 5.82 Å². The molecule has 0 aliphatic rings. The van der Waals surface area contributed by atoms with E-state index in [-0.39, 0.29) is 5.91 Å². The maximum absolute atomic E-state index is 11.7. The number of aromatic nitrogens is 3. The van der Waals surface area contributed by atoms with E-state index in [1.807, 2.05) is 24.6 Å². The molecule has 19 heavy (non-hydrogen) atoms. The molecule has 0 saturated heterocycles. The predicted octanol–water partition coefficient (Wildman–Crippen LogP) is 2.22. The zero-order valence-electron chi connectivity index (χ0n) is 11.4. The van der Waals surface area contributed by atoms with E-state index in [1.165, 1.54) is 0 Å². The molecule has 0 fully saturated rings. The van der Waals surface area contributed by atoms with Crippen LogP contribution in [-0.2, 0) is 11.3 Å². The van der Waals surface area contributed by atoms with Gasteiger partial charge in [-0.05, 0) is 33.3 Å². The second-order valence-electron chi connectivity index (χ2n) is 4.62. The van der Waals surface area contributed by atoms with Crippen molar-refractivity contribution in [3.8, 4) is 0 Å². The summed E-state index contributed by atoms with van der Waals surface area (Å²) in [7, 11) is 0.